The van der Waals surface area contributed by atoms with Crippen molar-refractivity contribution in [2.75, 3.05) is 6.54 Å². The third kappa shape index (κ3) is 3.14. The highest BCUT2D eigenvalue weighted by Crippen LogP contribution is 2.27. The average molecular weight is 345 g/mol. The van der Waals surface area contributed by atoms with Crippen molar-refractivity contribution in [2.45, 2.75) is 39.2 Å². The van der Waals surface area contributed by atoms with Gasteiger partial charge >= 0.3 is 5.97 Å². The molecule has 0 saturated carbocycles. The summed E-state index contributed by atoms with van der Waals surface area (Å²) in [7, 11) is 0. The molecule has 25 heavy (non-hydrogen) atoms. The van der Waals surface area contributed by atoms with Crippen LogP contribution in [0.1, 0.15) is 58.4 Å². The van der Waals surface area contributed by atoms with Crippen LogP contribution in [0.5, 0.6) is 0 Å². The Bertz CT molecular complexity index is 852. The lowest BCUT2D eigenvalue weighted by Crippen LogP contribution is -2.37. The maximum absolute atomic E-state index is 14.0. The van der Waals surface area contributed by atoms with E-state index in [0.717, 1.165) is 5.69 Å². The van der Waals surface area contributed by atoms with E-state index in [9.17, 15) is 19.1 Å². The normalized spacial score (nSPS) is 14.3. The number of carbonyl (C=O) groups excluding carboxylic acids is 1. The minimum absolute atomic E-state index is 0.0336. The first kappa shape index (κ1) is 17.1. The maximum atomic E-state index is 14.0. The van der Waals surface area contributed by atoms with Crippen LogP contribution < -0.4 is 0 Å². The molecular formula is C18H20FN3O3. The number of halogens is 1. The monoisotopic (exact) mass is 345 g/mol. The number of carboxylic acids is 1. The van der Waals surface area contributed by atoms with Gasteiger partial charge in [0, 0.05) is 24.2 Å². The van der Waals surface area contributed by atoms with Gasteiger partial charge in [-0.1, -0.05) is 20.8 Å². The zero-order valence-electron chi connectivity index (χ0n) is 14.4. The van der Waals surface area contributed by atoms with Crippen LogP contribution in [0.25, 0.3) is 0 Å². The lowest BCUT2D eigenvalue weighted by atomic mass is 9.92. The zero-order valence-corrected chi connectivity index (χ0v) is 14.4. The summed E-state index contributed by atoms with van der Waals surface area (Å²) in [4.78, 5) is 25.6. The van der Waals surface area contributed by atoms with Crippen molar-refractivity contribution in [3.05, 3.63) is 52.1 Å². The minimum atomic E-state index is -1.12. The fraction of sp³-hybridized carbons (Fsp3) is 0.389. The van der Waals surface area contributed by atoms with Crippen LogP contribution in [0.2, 0.25) is 0 Å². The summed E-state index contributed by atoms with van der Waals surface area (Å²) in [5.74, 6) is -1.85. The molecule has 7 heteroatoms. The van der Waals surface area contributed by atoms with Gasteiger partial charge in [-0.2, -0.15) is 5.10 Å². The smallest absolute Gasteiger partial charge is 0.336 e. The second-order valence-electron chi connectivity index (χ2n) is 7.25. The molecule has 0 bridgehead atoms. The van der Waals surface area contributed by atoms with Crippen LogP contribution in [-0.2, 0) is 18.4 Å². The Morgan fingerprint density at radius 2 is 2.00 bits per heavy atom. The molecular weight excluding hydrogens is 325 g/mol. The Balaban J connectivity index is 1.90. The Morgan fingerprint density at radius 1 is 1.28 bits per heavy atom. The highest BCUT2D eigenvalue weighted by atomic mass is 19.1. The summed E-state index contributed by atoms with van der Waals surface area (Å²) in [5, 5.41) is 16.3. The van der Waals surface area contributed by atoms with E-state index in [2.05, 4.69) is 10.2 Å². The highest BCUT2D eigenvalue weighted by Gasteiger charge is 2.29. The number of nitrogens with zero attached hydrogens (tertiary/aromatic N) is 2. The summed E-state index contributed by atoms with van der Waals surface area (Å²) < 4.78 is 14.0. The van der Waals surface area contributed by atoms with Crippen molar-refractivity contribution in [3.63, 3.8) is 0 Å². The molecule has 1 aliphatic rings. The molecule has 0 unspecified atom stereocenters. The molecule has 132 valence electrons. The Hall–Kier alpha value is -2.70. The van der Waals surface area contributed by atoms with Gasteiger partial charge in [0.1, 0.15) is 11.5 Å². The molecule has 0 aliphatic carbocycles. The van der Waals surface area contributed by atoms with Crippen LogP contribution >= 0.6 is 0 Å². The molecule has 1 amide bonds. The second-order valence-corrected chi connectivity index (χ2v) is 7.25. The minimum Gasteiger partial charge on any atom is -0.478 e. The molecule has 0 saturated heterocycles. The van der Waals surface area contributed by atoms with Crippen molar-refractivity contribution >= 4 is 11.9 Å². The van der Waals surface area contributed by atoms with Crippen molar-refractivity contribution in [3.8, 4) is 0 Å². The number of amides is 1. The first-order chi connectivity index (χ1) is 11.7. The number of hydrogen-bond donors (Lipinski definition) is 2. The Kier molecular flexibility index (Phi) is 4.10. The first-order valence-corrected chi connectivity index (χ1v) is 8.07. The van der Waals surface area contributed by atoms with E-state index in [1.807, 2.05) is 20.8 Å². The van der Waals surface area contributed by atoms with Gasteiger partial charge in [0.15, 0.2) is 0 Å². The number of fused-ring (bicyclic) bond motifs is 1. The van der Waals surface area contributed by atoms with Crippen LogP contribution in [-0.4, -0.2) is 38.6 Å². The predicted molar refractivity (Wildman–Crippen MR) is 89.1 cm³/mol. The van der Waals surface area contributed by atoms with Crippen LogP contribution in [0.15, 0.2) is 18.2 Å². The third-order valence-corrected chi connectivity index (χ3v) is 4.48. The summed E-state index contributed by atoms with van der Waals surface area (Å²) in [6.45, 7) is 6.41. The molecule has 0 spiro atoms. The van der Waals surface area contributed by atoms with E-state index in [1.54, 1.807) is 6.07 Å². The van der Waals surface area contributed by atoms with Crippen LogP contribution in [0.3, 0.4) is 0 Å². The standard InChI is InChI=1S/C18H20FN3O3/c1-18(2,3)15-8-14(20-21-15)16(23)22-7-6-10-12(9-22)11(17(24)25)4-5-13(10)19/h4-5,8H,6-7,9H2,1-3H3,(H,20,21)(H,24,25). The van der Waals surface area contributed by atoms with E-state index in [0.29, 0.717) is 17.7 Å². The van der Waals surface area contributed by atoms with Crippen LogP contribution in [0, 0.1) is 5.82 Å². The van der Waals surface area contributed by atoms with E-state index < -0.39 is 11.8 Å². The van der Waals surface area contributed by atoms with Gasteiger partial charge in [-0.05, 0) is 35.7 Å². The van der Waals surface area contributed by atoms with Crippen molar-refractivity contribution in [1.29, 1.82) is 0 Å². The number of aromatic amines is 1. The predicted octanol–water partition coefficient (Wildman–Crippen LogP) is 2.74. The number of aromatic nitrogens is 2. The van der Waals surface area contributed by atoms with Gasteiger partial charge in [-0.3, -0.25) is 9.89 Å². The topological polar surface area (TPSA) is 86.3 Å². The Labute approximate surface area is 144 Å². The summed E-state index contributed by atoms with van der Waals surface area (Å²) in [5.41, 5.74) is 1.72. The molecule has 0 atom stereocenters. The Morgan fingerprint density at radius 3 is 2.60 bits per heavy atom. The molecule has 3 rings (SSSR count). The summed E-state index contributed by atoms with van der Waals surface area (Å²) >= 11 is 0. The number of carboxylic acid groups (broad SMARTS) is 1. The fourth-order valence-corrected chi connectivity index (χ4v) is 2.98. The summed E-state index contributed by atoms with van der Waals surface area (Å²) in [6, 6.07) is 4.13. The largest absolute Gasteiger partial charge is 0.478 e. The van der Waals surface area contributed by atoms with Gasteiger partial charge in [0.2, 0.25) is 0 Å². The molecule has 2 aromatic rings. The number of hydrogen-bond acceptors (Lipinski definition) is 3. The number of aromatic carboxylic acids is 1. The molecule has 1 aromatic carbocycles. The van der Waals surface area contributed by atoms with Gasteiger partial charge in [0.25, 0.3) is 5.91 Å². The van der Waals surface area contributed by atoms with Crippen molar-refractivity contribution in [2.24, 2.45) is 0 Å². The fourth-order valence-electron chi connectivity index (χ4n) is 2.98. The molecule has 2 heterocycles. The van der Waals surface area contributed by atoms with E-state index in [1.165, 1.54) is 17.0 Å². The summed E-state index contributed by atoms with van der Waals surface area (Å²) in [6.07, 6.45) is 0.282. The van der Waals surface area contributed by atoms with Gasteiger partial charge in [-0.25, -0.2) is 9.18 Å². The van der Waals surface area contributed by atoms with E-state index in [-0.39, 0.29) is 35.5 Å². The number of H-pyrrole nitrogens is 1. The van der Waals surface area contributed by atoms with E-state index in [4.69, 9.17) is 0 Å². The molecule has 0 fully saturated rings. The third-order valence-electron chi connectivity index (χ3n) is 4.48. The lowest BCUT2D eigenvalue weighted by molar-refractivity contribution is 0.0675. The number of carbonyl (C=O) groups is 2. The second kappa shape index (κ2) is 5.98. The highest BCUT2D eigenvalue weighted by molar-refractivity contribution is 5.93. The number of rotatable bonds is 2. The molecule has 2 N–H and O–H groups in total. The number of nitrogens with one attached hydrogen (secondary N) is 1. The number of benzene rings is 1. The molecule has 1 aliphatic heterocycles. The zero-order chi connectivity index (χ0) is 18.4. The first-order valence-electron chi connectivity index (χ1n) is 8.07. The molecule has 0 radical (unpaired) electrons. The quantitative estimate of drug-likeness (QED) is 0.876. The maximum Gasteiger partial charge on any atom is 0.336 e. The van der Waals surface area contributed by atoms with Gasteiger partial charge in [0.05, 0.1) is 5.56 Å². The van der Waals surface area contributed by atoms with Gasteiger partial charge < -0.3 is 10.0 Å². The van der Waals surface area contributed by atoms with E-state index >= 15 is 0 Å². The van der Waals surface area contributed by atoms with Crippen LogP contribution in [0.4, 0.5) is 4.39 Å². The lowest BCUT2D eigenvalue weighted by Gasteiger charge is -2.29. The average Bonchev–Trinajstić information content (AvgIpc) is 3.04. The van der Waals surface area contributed by atoms with Crippen molar-refractivity contribution < 1.29 is 19.1 Å². The SMILES string of the molecule is CC(C)(C)c1cc(C(=O)N2CCc3c(F)ccc(C(=O)O)c3C2)n[nH]1. The van der Waals surface area contributed by atoms with Gasteiger partial charge in [-0.15, -0.1) is 0 Å². The molecule has 6 nitrogen and oxygen atoms in total. The molecule has 1 aromatic heterocycles. The van der Waals surface area contributed by atoms with Crippen molar-refractivity contribution in [1.82, 2.24) is 15.1 Å².